The van der Waals surface area contributed by atoms with Crippen LogP contribution in [0.1, 0.15) is 36.8 Å². The first-order valence-corrected chi connectivity index (χ1v) is 15.0. The lowest BCUT2D eigenvalue weighted by Gasteiger charge is -2.33. The molecule has 1 saturated carbocycles. The smallest absolute Gasteiger partial charge is 0.243 e. The summed E-state index contributed by atoms with van der Waals surface area (Å²) < 4.78 is 27.5. The molecule has 7 nitrogen and oxygen atoms in total. The number of benzene rings is 3. The van der Waals surface area contributed by atoms with Crippen LogP contribution in [0.3, 0.4) is 0 Å². The van der Waals surface area contributed by atoms with Gasteiger partial charge < -0.3 is 10.2 Å². The molecule has 1 aliphatic rings. The second-order valence-electron chi connectivity index (χ2n) is 9.92. The number of hydrogen-bond donors (Lipinski definition) is 1. The molecule has 9 heteroatoms. The standard InChI is InChI=1S/C30H34ClN3O4S/c1-33(39(37,38)27-18-16-25(31)17-19-27)22-29(35)34(21-24-12-6-3-7-13-24)28(20-23-10-4-2-5-11-23)30(36)32-26-14-8-9-15-26/h2-7,10-13,16-19,26,28H,8-9,14-15,20-22H2,1H3,(H,32,36)/t28-/m1/s1. The van der Waals surface area contributed by atoms with Crippen molar-refractivity contribution in [3.05, 3.63) is 101 Å². The van der Waals surface area contributed by atoms with Crippen LogP contribution in [0.5, 0.6) is 0 Å². The van der Waals surface area contributed by atoms with Crippen molar-refractivity contribution in [2.45, 2.75) is 55.6 Å². The summed E-state index contributed by atoms with van der Waals surface area (Å²) in [6.45, 7) is -0.246. The largest absolute Gasteiger partial charge is 0.352 e. The van der Waals surface area contributed by atoms with E-state index in [-0.39, 0.29) is 23.4 Å². The van der Waals surface area contributed by atoms with Gasteiger partial charge in [0, 0.05) is 31.1 Å². The minimum Gasteiger partial charge on any atom is -0.352 e. The first-order chi connectivity index (χ1) is 18.7. The van der Waals surface area contributed by atoms with E-state index in [9.17, 15) is 18.0 Å². The Hall–Kier alpha value is -3.20. The first kappa shape index (κ1) is 28.8. The fraction of sp³-hybridized carbons (Fsp3) is 0.333. The van der Waals surface area contributed by atoms with E-state index in [0.29, 0.717) is 11.4 Å². The first-order valence-electron chi connectivity index (χ1n) is 13.1. The van der Waals surface area contributed by atoms with Gasteiger partial charge in [-0.3, -0.25) is 9.59 Å². The second-order valence-corrected chi connectivity index (χ2v) is 12.4. The zero-order valence-corrected chi connectivity index (χ0v) is 23.6. The zero-order chi connectivity index (χ0) is 27.8. The third kappa shape index (κ3) is 7.68. The molecule has 206 valence electrons. The molecule has 1 aliphatic carbocycles. The summed E-state index contributed by atoms with van der Waals surface area (Å²) in [6.07, 6.45) is 4.27. The minimum absolute atomic E-state index is 0.0385. The Morgan fingerprint density at radius 2 is 1.46 bits per heavy atom. The predicted molar refractivity (Wildman–Crippen MR) is 153 cm³/mol. The summed E-state index contributed by atoms with van der Waals surface area (Å²) in [7, 11) is -2.59. The highest BCUT2D eigenvalue weighted by atomic mass is 35.5. The van der Waals surface area contributed by atoms with Gasteiger partial charge in [0.05, 0.1) is 11.4 Å². The maximum atomic E-state index is 13.9. The van der Waals surface area contributed by atoms with Gasteiger partial charge in [0.15, 0.2) is 0 Å². The molecule has 0 radical (unpaired) electrons. The van der Waals surface area contributed by atoms with Gasteiger partial charge in [-0.05, 0) is 48.2 Å². The molecule has 0 heterocycles. The summed E-state index contributed by atoms with van der Waals surface area (Å²) in [5, 5.41) is 3.57. The predicted octanol–water partition coefficient (Wildman–Crippen LogP) is 4.66. The van der Waals surface area contributed by atoms with Crippen LogP contribution in [0.4, 0.5) is 0 Å². The number of hydrogen-bond acceptors (Lipinski definition) is 4. The fourth-order valence-electron chi connectivity index (χ4n) is 4.85. The Bertz CT molecular complexity index is 1350. The van der Waals surface area contributed by atoms with E-state index in [1.54, 1.807) is 0 Å². The molecule has 0 aliphatic heterocycles. The number of nitrogens with zero attached hydrogens (tertiary/aromatic N) is 2. The lowest BCUT2D eigenvalue weighted by Crippen LogP contribution is -2.54. The molecule has 39 heavy (non-hydrogen) atoms. The van der Waals surface area contributed by atoms with Gasteiger partial charge in [0.25, 0.3) is 0 Å². The van der Waals surface area contributed by atoms with Crippen molar-refractivity contribution in [3.8, 4) is 0 Å². The fourth-order valence-corrected chi connectivity index (χ4v) is 6.10. The van der Waals surface area contributed by atoms with E-state index in [1.807, 2.05) is 60.7 Å². The molecule has 2 amide bonds. The molecular formula is C30H34ClN3O4S. The Kier molecular flexibility index (Phi) is 9.78. The van der Waals surface area contributed by atoms with E-state index in [1.165, 1.54) is 36.2 Å². The maximum Gasteiger partial charge on any atom is 0.243 e. The lowest BCUT2D eigenvalue weighted by molar-refractivity contribution is -0.141. The van der Waals surface area contributed by atoms with Crippen LogP contribution in [-0.2, 0) is 32.6 Å². The van der Waals surface area contributed by atoms with Gasteiger partial charge in [0.2, 0.25) is 21.8 Å². The quantitative estimate of drug-likeness (QED) is 0.365. The zero-order valence-electron chi connectivity index (χ0n) is 22.0. The van der Waals surface area contributed by atoms with Crippen molar-refractivity contribution in [2.24, 2.45) is 0 Å². The molecule has 0 aromatic heterocycles. The van der Waals surface area contributed by atoms with E-state index in [2.05, 4.69) is 5.32 Å². The molecule has 1 N–H and O–H groups in total. The number of sulfonamides is 1. The van der Waals surface area contributed by atoms with Crippen molar-refractivity contribution in [3.63, 3.8) is 0 Å². The van der Waals surface area contributed by atoms with Crippen molar-refractivity contribution >= 4 is 33.4 Å². The number of likely N-dealkylation sites (N-methyl/N-ethyl adjacent to an activating group) is 1. The lowest BCUT2D eigenvalue weighted by atomic mass is 10.0. The van der Waals surface area contributed by atoms with Gasteiger partial charge >= 0.3 is 0 Å². The Morgan fingerprint density at radius 3 is 2.05 bits per heavy atom. The maximum absolute atomic E-state index is 13.9. The van der Waals surface area contributed by atoms with Crippen molar-refractivity contribution < 1.29 is 18.0 Å². The Morgan fingerprint density at radius 1 is 0.897 bits per heavy atom. The van der Waals surface area contributed by atoms with Crippen molar-refractivity contribution in [2.75, 3.05) is 13.6 Å². The number of halogens is 1. The van der Waals surface area contributed by atoms with E-state index >= 15 is 0 Å². The van der Waals surface area contributed by atoms with Gasteiger partial charge in [-0.15, -0.1) is 0 Å². The minimum atomic E-state index is -3.95. The van der Waals surface area contributed by atoms with E-state index < -0.39 is 28.5 Å². The van der Waals surface area contributed by atoms with Crippen LogP contribution < -0.4 is 5.32 Å². The van der Waals surface area contributed by atoms with Crippen LogP contribution in [0.2, 0.25) is 5.02 Å². The molecule has 0 saturated heterocycles. The Labute approximate surface area is 235 Å². The number of nitrogens with one attached hydrogen (secondary N) is 1. The molecule has 1 fully saturated rings. The third-order valence-electron chi connectivity index (χ3n) is 7.05. The number of rotatable bonds is 11. The molecular weight excluding hydrogens is 534 g/mol. The van der Waals surface area contributed by atoms with Gasteiger partial charge in [-0.1, -0.05) is 85.1 Å². The van der Waals surface area contributed by atoms with Crippen LogP contribution >= 0.6 is 11.6 Å². The average molecular weight is 568 g/mol. The summed E-state index contributed by atoms with van der Waals surface area (Å²) >= 11 is 5.93. The van der Waals surface area contributed by atoms with Crippen molar-refractivity contribution in [1.82, 2.24) is 14.5 Å². The average Bonchev–Trinajstić information content (AvgIpc) is 3.45. The molecule has 1 atom stereocenters. The highest BCUT2D eigenvalue weighted by Crippen LogP contribution is 2.21. The number of carbonyl (C=O) groups is 2. The second kappa shape index (κ2) is 13.2. The SMILES string of the molecule is CN(CC(=O)N(Cc1ccccc1)[C@H](Cc1ccccc1)C(=O)NC1CCCC1)S(=O)(=O)c1ccc(Cl)cc1. The van der Waals surface area contributed by atoms with Crippen LogP contribution in [0, 0.1) is 0 Å². The summed E-state index contributed by atoms with van der Waals surface area (Å²) in [5.41, 5.74) is 1.76. The van der Waals surface area contributed by atoms with Gasteiger partial charge in [0.1, 0.15) is 6.04 Å². The van der Waals surface area contributed by atoms with Crippen LogP contribution in [0.25, 0.3) is 0 Å². The highest BCUT2D eigenvalue weighted by Gasteiger charge is 2.34. The molecule has 0 spiro atoms. The van der Waals surface area contributed by atoms with E-state index in [0.717, 1.165) is 41.1 Å². The number of carbonyl (C=O) groups excluding carboxylic acids is 2. The monoisotopic (exact) mass is 567 g/mol. The topological polar surface area (TPSA) is 86.8 Å². The number of amides is 2. The van der Waals surface area contributed by atoms with Gasteiger partial charge in [-0.25, -0.2) is 8.42 Å². The highest BCUT2D eigenvalue weighted by molar-refractivity contribution is 7.89. The van der Waals surface area contributed by atoms with E-state index in [4.69, 9.17) is 11.6 Å². The molecule has 4 rings (SSSR count). The molecule has 0 bridgehead atoms. The Balaban J connectivity index is 1.64. The summed E-state index contributed by atoms with van der Waals surface area (Å²) in [4.78, 5) is 29.2. The van der Waals surface area contributed by atoms with Crippen LogP contribution in [0.15, 0.2) is 89.8 Å². The summed E-state index contributed by atoms with van der Waals surface area (Å²) in [6, 6.07) is 24.1. The summed E-state index contributed by atoms with van der Waals surface area (Å²) in [5.74, 6) is -0.681. The molecule has 3 aromatic carbocycles. The third-order valence-corrected chi connectivity index (χ3v) is 9.12. The molecule has 3 aromatic rings. The van der Waals surface area contributed by atoms with Gasteiger partial charge in [-0.2, -0.15) is 4.31 Å². The van der Waals surface area contributed by atoms with Crippen molar-refractivity contribution in [1.29, 1.82) is 0 Å². The molecule has 0 unspecified atom stereocenters. The van der Waals surface area contributed by atoms with Crippen LogP contribution in [-0.4, -0.2) is 55.1 Å². The normalized spacial score (nSPS) is 14.7.